The Balaban J connectivity index is 2.55. The number of hydrogen-bond donors (Lipinski definition) is 1. The van der Waals surface area contributed by atoms with Crippen LogP contribution < -0.4 is 5.73 Å². The lowest BCUT2D eigenvalue weighted by atomic mass is 10.2. The molecule has 1 atom stereocenters. The largest absolute Gasteiger partial charge is 0.332 e. The number of carbonyl (C=O) groups excluding carboxylic acids is 2. The van der Waals surface area contributed by atoms with E-state index in [9.17, 15) is 9.59 Å². The molecule has 15 heavy (non-hydrogen) atoms. The zero-order valence-corrected chi connectivity index (χ0v) is 9.40. The molecule has 5 nitrogen and oxygen atoms in total. The quantitative estimate of drug-likeness (QED) is 0.679. The van der Waals surface area contributed by atoms with Gasteiger partial charge in [-0.25, -0.2) is 0 Å². The molecule has 1 saturated heterocycles. The standard InChI is InChI=1S/C10H19N3O2/c1-3-8(11)5-13-7-9(14)12(4-2)6-10(13)15/h8H,3-7,11H2,1-2H3. The van der Waals surface area contributed by atoms with Crippen molar-refractivity contribution in [3.05, 3.63) is 0 Å². The SMILES string of the molecule is CCC(N)CN1CC(=O)N(CC)CC1=O. The molecule has 0 bridgehead atoms. The van der Waals surface area contributed by atoms with Crippen molar-refractivity contribution >= 4 is 11.8 Å². The van der Waals surface area contributed by atoms with Crippen LogP contribution in [0.25, 0.3) is 0 Å². The second-order valence-electron chi connectivity index (χ2n) is 3.85. The summed E-state index contributed by atoms with van der Waals surface area (Å²) in [7, 11) is 0. The van der Waals surface area contributed by atoms with Gasteiger partial charge in [0.25, 0.3) is 0 Å². The molecule has 1 aliphatic heterocycles. The Bertz CT molecular complexity index is 255. The molecule has 0 spiro atoms. The van der Waals surface area contributed by atoms with E-state index in [0.29, 0.717) is 13.1 Å². The van der Waals surface area contributed by atoms with Crippen LogP contribution in [0.1, 0.15) is 20.3 Å². The molecule has 2 amide bonds. The monoisotopic (exact) mass is 213 g/mol. The van der Waals surface area contributed by atoms with E-state index in [-0.39, 0.29) is 30.9 Å². The number of nitrogens with two attached hydrogens (primary N) is 1. The van der Waals surface area contributed by atoms with Crippen molar-refractivity contribution < 1.29 is 9.59 Å². The highest BCUT2D eigenvalue weighted by atomic mass is 16.2. The van der Waals surface area contributed by atoms with E-state index in [4.69, 9.17) is 5.73 Å². The van der Waals surface area contributed by atoms with Crippen LogP contribution in [0.3, 0.4) is 0 Å². The lowest BCUT2D eigenvalue weighted by molar-refractivity contribution is -0.150. The topological polar surface area (TPSA) is 66.6 Å². The molecule has 0 aromatic carbocycles. The zero-order chi connectivity index (χ0) is 11.4. The van der Waals surface area contributed by atoms with Crippen LogP contribution in [0.15, 0.2) is 0 Å². The van der Waals surface area contributed by atoms with Crippen LogP contribution in [-0.4, -0.2) is 53.8 Å². The normalized spacial score (nSPS) is 19.7. The Morgan fingerprint density at radius 2 is 1.73 bits per heavy atom. The second-order valence-corrected chi connectivity index (χ2v) is 3.85. The van der Waals surface area contributed by atoms with Gasteiger partial charge in [-0.15, -0.1) is 0 Å². The highest BCUT2D eigenvalue weighted by Crippen LogP contribution is 2.05. The molecule has 2 N–H and O–H groups in total. The van der Waals surface area contributed by atoms with Crippen molar-refractivity contribution in [3.8, 4) is 0 Å². The van der Waals surface area contributed by atoms with Gasteiger partial charge in [-0.1, -0.05) is 6.92 Å². The van der Waals surface area contributed by atoms with Gasteiger partial charge in [-0.2, -0.15) is 0 Å². The predicted octanol–water partition coefficient (Wildman–Crippen LogP) is -0.586. The summed E-state index contributed by atoms with van der Waals surface area (Å²) >= 11 is 0. The minimum Gasteiger partial charge on any atom is -0.332 e. The van der Waals surface area contributed by atoms with Gasteiger partial charge in [0.2, 0.25) is 11.8 Å². The van der Waals surface area contributed by atoms with Crippen molar-refractivity contribution in [2.45, 2.75) is 26.3 Å². The maximum absolute atomic E-state index is 11.6. The summed E-state index contributed by atoms with van der Waals surface area (Å²) in [4.78, 5) is 26.3. The second kappa shape index (κ2) is 5.11. The zero-order valence-electron chi connectivity index (χ0n) is 9.40. The summed E-state index contributed by atoms with van der Waals surface area (Å²) in [6.07, 6.45) is 0.815. The van der Waals surface area contributed by atoms with Crippen LogP contribution in [0.2, 0.25) is 0 Å². The lowest BCUT2D eigenvalue weighted by Gasteiger charge is -2.34. The van der Waals surface area contributed by atoms with Gasteiger partial charge >= 0.3 is 0 Å². The molecular formula is C10H19N3O2. The van der Waals surface area contributed by atoms with Crippen LogP contribution in [0.4, 0.5) is 0 Å². The Morgan fingerprint density at radius 3 is 2.27 bits per heavy atom. The number of piperazine rings is 1. The average Bonchev–Trinajstić information content (AvgIpc) is 2.22. The minimum absolute atomic E-state index is 0.000324. The fourth-order valence-electron chi connectivity index (χ4n) is 1.57. The summed E-state index contributed by atoms with van der Waals surface area (Å²) in [6, 6.07) is -0.0325. The van der Waals surface area contributed by atoms with Gasteiger partial charge in [-0.05, 0) is 13.3 Å². The van der Waals surface area contributed by atoms with E-state index in [1.54, 1.807) is 9.80 Å². The van der Waals surface area contributed by atoms with E-state index in [0.717, 1.165) is 6.42 Å². The molecule has 1 aliphatic rings. The molecule has 0 aliphatic carbocycles. The first-order chi connectivity index (χ1) is 7.08. The van der Waals surface area contributed by atoms with Gasteiger partial charge in [0.15, 0.2) is 0 Å². The van der Waals surface area contributed by atoms with Crippen molar-refractivity contribution in [1.82, 2.24) is 9.80 Å². The van der Waals surface area contributed by atoms with Crippen molar-refractivity contribution in [2.75, 3.05) is 26.2 Å². The summed E-state index contributed by atoms with van der Waals surface area (Å²) in [6.45, 7) is 5.31. The number of amides is 2. The first kappa shape index (κ1) is 12.0. The first-order valence-corrected chi connectivity index (χ1v) is 5.39. The van der Waals surface area contributed by atoms with Gasteiger partial charge in [0.05, 0.1) is 13.1 Å². The molecule has 0 radical (unpaired) electrons. The first-order valence-electron chi connectivity index (χ1n) is 5.39. The predicted molar refractivity (Wildman–Crippen MR) is 57.1 cm³/mol. The summed E-state index contributed by atoms with van der Waals surface area (Å²) in [5.41, 5.74) is 5.76. The van der Waals surface area contributed by atoms with E-state index in [1.165, 1.54) is 0 Å². The van der Waals surface area contributed by atoms with Crippen LogP contribution in [-0.2, 0) is 9.59 Å². The molecule has 1 unspecified atom stereocenters. The molecule has 0 aromatic heterocycles. The fourth-order valence-corrected chi connectivity index (χ4v) is 1.57. The number of carbonyl (C=O) groups is 2. The van der Waals surface area contributed by atoms with Crippen molar-refractivity contribution in [2.24, 2.45) is 5.73 Å². The molecule has 1 heterocycles. The minimum atomic E-state index is -0.0325. The Morgan fingerprint density at radius 1 is 1.20 bits per heavy atom. The third kappa shape index (κ3) is 2.92. The maximum atomic E-state index is 11.6. The van der Waals surface area contributed by atoms with E-state index < -0.39 is 0 Å². The van der Waals surface area contributed by atoms with E-state index in [1.807, 2.05) is 13.8 Å². The van der Waals surface area contributed by atoms with Crippen LogP contribution in [0, 0.1) is 0 Å². The third-order valence-electron chi connectivity index (χ3n) is 2.72. The summed E-state index contributed by atoms with van der Waals surface area (Å²) in [5, 5.41) is 0. The Labute approximate surface area is 90.2 Å². The summed E-state index contributed by atoms with van der Waals surface area (Å²) < 4.78 is 0. The average molecular weight is 213 g/mol. The van der Waals surface area contributed by atoms with E-state index in [2.05, 4.69) is 0 Å². The molecule has 1 fully saturated rings. The molecule has 86 valence electrons. The van der Waals surface area contributed by atoms with Crippen LogP contribution in [0.5, 0.6) is 0 Å². The number of likely N-dealkylation sites (N-methyl/N-ethyl adjacent to an activating group) is 1. The van der Waals surface area contributed by atoms with Crippen LogP contribution >= 0.6 is 0 Å². The fraction of sp³-hybridized carbons (Fsp3) is 0.800. The van der Waals surface area contributed by atoms with Gasteiger partial charge in [-0.3, -0.25) is 9.59 Å². The van der Waals surface area contributed by atoms with E-state index >= 15 is 0 Å². The highest BCUT2D eigenvalue weighted by Gasteiger charge is 2.29. The molecule has 0 saturated carbocycles. The Kier molecular flexibility index (Phi) is 4.08. The van der Waals surface area contributed by atoms with Gasteiger partial charge in [0, 0.05) is 19.1 Å². The Hall–Kier alpha value is -1.10. The smallest absolute Gasteiger partial charge is 0.242 e. The van der Waals surface area contributed by atoms with Crippen molar-refractivity contribution in [1.29, 1.82) is 0 Å². The number of nitrogens with zero attached hydrogens (tertiary/aromatic N) is 2. The maximum Gasteiger partial charge on any atom is 0.242 e. The number of hydrogen-bond acceptors (Lipinski definition) is 3. The molecular weight excluding hydrogens is 194 g/mol. The van der Waals surface area contributed by atoms with Gasteiger partial charge < -0.3 is 15.5 Å². The lowest BCUT2D eigenvalue weighted by Crippen LogP contribution is -2.55. The van der Waals surface area contributed by atoms with Crippen molar-refractivity contribution in [3.63, 3.8) is 0 Å². The van der Waals surface area contributed by atoms with Gasteiger partial charge in [0.1, 0.15) is 0 Å². The molecule has 5 heteroatoms. The summed E-state index contributed by atoms with van der Waals surface area (Å²) in [5.74, 6) is 0.0146. The molecule has 0 aromatic rings. The molecule has 1 rings (SSSR count). The number of rotatable bonds is 4. The third-order valence-corrected chi connectivity index (χ3v) is 2.72. The highest BCUT2D eigenvalue weighted by molar-refractivity contribution is 5.92.